The molecule has 90 valence electrons. The summed E-state index contributed by atoms with van der Waals surface area (Å²) in [4.78, 5) is 34.3. The lowest BCUT2D eigenvalue weighted by molar-refractivity contribution is -0.136. The molecule has 0 aliphatic heterocycles. The average Bonchev–Trinajstić information content (AvgIpc) is 2.58. The van der Waals surface area contributed by atoms with Crippen molar-refractivity contribution in [2.24, 2.45) is 5.92 Å². The predicted octanol–water partition coefficient (Wildman–Crippen LogP) is 2.46. The Hall–Kier alpha value is -0.990. The van der Waals surface area contributed by atoms with Crippen LogP contribution >= 0.6 is 0 Å². The second kappa shape index (κ2) is 6.56. The van der Waals surface area contributed by atoms with Gasteiger partial charge < -0.3 is 0 Å². The molecule has 1 fully saturated rings. The number of hydrogen-bond donors (Lipinski definition) is 0. The van der Waals surface area contributed by atoms with Crippen molar-refractivity contribution in [2.75, 3.05) is 0 Å². The maximum Gasteiger partial charge on any atom is 0.151 e. The van der Waals surface area contributed by atoms with E-state index in [0.29, 0.717) is 6.42 Å². The number of hydrogen-bond acceptors (Lipinski definition) is 3. The molecule has 0 spiro atoms. The van der Waals surface area contributed by atoms with Crippen molar-refractivity contribution in [3.8, 4) is 0 Å². The predicted molar refractivity (Wildman–Crippen MR) is 61.1 cm³/mol. The third kappa shape index (κ3) is 3.54. The highest BCUT2D eigenvalue weighted by Gasteiger charge is 2.37. The van der Waals surface area contributed by atoms with Gasteiger partial charge in [-0.15, -0.1) is 0 Å². The Bertz CT molecular complexity index is 265. The van der Waals surface area contributed by atoms with E-state index in [1.54, 1.807) is 0 Å². The van der Waals surface area contributed by atoms with Gasteiger partial charge in [0, 0.05) is 19.3 Å². The van der Waals surface area contributed by atoms with Gasteiger partial charge in [0.1, 0.15) is 5.92 Å². The first-order chi connectivity index (χ1) is 7.66. The second-order valence-electron chi connectivity index (χ2n) is 4.50. The summed E-state index contributed by atoms with van der Waals surface area (Å²) in [6.45, 7) is 2.14. The van der Waals surface area contributed by atoms with Gasteiger partial charge in [-0.3, -0.25) is 14.4 Å². The van der Waals surface area contributed by atoms with Crippen molar-refractivity contribution < 1.29 is 14.4 Å². The van der Waals surface area contributed by atoms with Crippen LogP contribution < -0.4 is 0 Å². The molecule has 0 heterocycles. The number of carbonyl (C=O) groups is 3. The first-order valence-corrected chi connectivity index (χ1v) is 6.25. The van der Waals surface area contributed by atoms with Crippen LogP contribution in [-0.2, 0) is 14.4 Å². The largest absolute Gasteiger partial charge is 0.298 e. The molecule has 0 aromatic rings. The zero-order chi connectivity index (χ0) is 12.0. The fraction of sp³-hybridized carbons (Fsp3) is 0.769. The van der Waals surface area contributed by atoms with E-state index >= 15 is 0 Å². The summed E-state index contributed by atoms with van der Waals surface area (Å²) in [5.74, 6) is -1.37. The number of carbonyl (C=O) groups excluding carboxylic acids is 3. The normalized spacial score (nSPS) is 17.1. The molecule has 0 aromatic heterocycles. The molecule has 0 atom stereocenters. The topological polar surface area (TPSA) is 51.2 Å². The van der Waals surface area contributed by atoms with Gasteiger partial charge in [0.15, 0.2) is 17.3 Å². The summed E-state index contributed by atoms with van der Waals surface area (Å²) in [5.41, 5.74) is 0. The van der Waals surface area contributed by atoms with Crippen LogP contribution in [0, 0.1) is 5.92 Å². The minimum absolute atomic E-state index is 0.149. The lowest BCUT2D eigenvalue weighted by Gasteiger charge is -2.05. The molecule has 0 aromatic carbocycles. The van der Waals surface area contributed by atoms with Crippen molar-refractivity contribution in [3.63, 3.8) is 0 Å². The lowest BCUT2D eigenvalue weighted by atomic mass is 9.96. The average molecular weight is 224 g/mol. The molecule has 0 amide bonds. The number of ketones is 3. The number of unbranched alkanes of at least 4 members (excludes halogenated alkanes) is 4. The van der Waals surface area contributed by atoms with Crippen LogP contribution in [0.3, 0.4) is 0 Å². The summed E-state index contributed by atoms with van der Waals surface area (Å²) < 4.78 is 0. The van der Waals surface area contributed by atoms with Crippen molar-refractivity contribution >= 4 is 17.3 Å². The molecular weight excluding hydrogens is 204 g/mol. The summed E-state index contributed by atoms with van der Waals surface area (Å²) in [7, 11) is 0. The Morgan fingerprint density at radius 2 is 1.62 bits per heavy atom. The maximum atomic E-state index is 11.7. The molecule has 16 heavy (non-hydrogen) atoms. The molecule has 0 bridgehead atoms. The van der Waals surface area contributed by atoms with Crippen LogP contribution in [0.1, 0.15) is 58.3 Å². The van der Waals surface area contributed by atoms with E-state index < -0.39 is 5.92 Å². The molecule has 1 saturated carbocycles. The molecule has 0 unspecified atom stereocenters. The highest BCUT2D eigenvalue weighted by atomic mass is 16.2. The minimum Gasteiger partial charge on any atom is -0.298 e. The van der Waals surface area contributed by atoms with Gasteiger partial charge >= 0.3 is 0 Å². The second-order valence-corrected chi connectivity index (χ2v) is 4.50. The third-order valence-corrected chi connectivity index (χ3v) is 3.11. The van der Waals surface area contributed by atoms with E-state index in [-0.39, 0.29) is 30.2 Å². The molecule has 3 nitrogen and oxygen atoms in total. The third-order valence-electron chi connectivity index (χ3n) is 3.11. The molecule has 0 radical (unpaired) electrons. The summed E-state index contributed by atoms with van der Waals surface area (Å²) in [5, 5.41) is 0. The quantitative estimate of drug-likeness (QED) is 0.493. The van der Waals surface area contributed by atoms with Gasteiger partial charge in [0.2, 0.25) is 0 Å². The van der Waals surface area contributed by atoms with Crippen LogP contribution in [0.15, 0.2) is 0 Å². The first kappa shape index (κ1) is 13.1. The van der Waals surface area contributed by atoms with Crippen LogP contribution in [0.25, 0.3) is 0 Å². The van der Waals surface area contributed by atoms with Gasteiger partial charge in [-0.25, -0.2) is 0 Å². The lowest BCUT2D eigenvalue weighted by Crippen LogP contribution is -2.24. The Balaban J connectivity index is 2.24. The Morgan fingerprint density at radius 1 is 1.06 bits per heavy atom. The summed E-state index contributed by atoms with van der Waals surface area (Å²) >= 11 is 0. The molecule has 1 aliphatic rings. The van der Waals surface area contributed by atoms with Crippen LogP contribution in [0.4, 0.5) is 0 Å². The van der Waals surface area contributed by atoms with Gasteiger partial charge in [0.25, 0.3) is 0 Å². The Kier molecular flexibility index (Phi) is 5.36. The van der Waals surface area contributed by atoms with Gasteiger partial charge in [0.05, 0.1) is 0 Å². The first-order valence-electron chi connectivity index (χ1n) is 6.25. The number of Topliss-reactive ketones (excluding diaryl/α,β-unsaturated/α-hetero) is 3. The van der Waals surface area contributed by atoms with E-state index in [4.69, 9.17) is 0 Å². The molecule has 0 N–H and O–H groups in total. The molecule has 1 rings (SSSR count). The fourth-order valence-corrected chi connectivity index (χ4v) is 2.12. The van der Waals surface area contributed by atoms with Gasteiger partial charge in [-0.1, -0.05) is 32.6 Å². The fourth-order valence-electron chi connectivity index (χ4n) is 2.12. The Labute approximate surface area is 96.6 Å². The van der Waals surface area contributed by atoms with Gasteiger partial charge in [-0.2, -0.15) is 0 Å². The molecule has 1 aliphatic carbocycles. The van der Waals surface area contributed by atoms with Crippen molar-refractivity contribution in [3.05, 3.63) is 0 Å². The van der Waals surface area contributed by atoms with Crippen LogP contribution in [-0.4, -0.2) is 17.3 Å². The summed E-state index contributed by atoms with van der Waals surface area (Å²) in [6, 6.07) is 0. The van der Waals surface area contributed by atoms with E-state index in [9.17, 15) is 14.4 Å². The molecule has 3 heteroatoms. The minimum atomic E-state index is -0.897. The smallest absolute Gasteiger partial charge is 0.151 e. The van der Waals surface area contributed by atoms with E-state index in [1.807, 2.05) is 0 Å². The standard InChI is InChI=1S/C13H20O3/c1-2-3-4-5-6-7-10(14)13-11(15)8-9-12(13)16/h13H,2-9H2,1H3. The highest BCUT2D eigenvalue weighted by molar-refractivity contribution is 6.23. The van der Waals surface area contributed by atoms with E-state index in [0.717, 1.165) is 19.3 Å². The maximum absolute atomic E-state index is 11.7. The SMILES string of the molecule is CCCCCCCC(=O)C1C(=O)CCC1=O. The zero-order valence-corrected chi connectivity index (χ0v) is 9.96. The summed E-state index contributed by atoms with van der Waals surface area (Å²) in [6.07, 6.45) is 6.27. The zero-order valence-electron chi connectivity index (χ0n) is 9.96. The van der Waals surface area contributed by atoms with Crippen LogP contribution in [0.5, 0.6) is 0 Å². The van der Waals surface area contributed by atoms with E-state index in [2.05, 4.69) is 6.92 Å². The van der Waals surface area contributed by atoms with Crippen molar-refractivity contribution in [2.45, 2.75) is 58.3 Å². The van der Waals surface area contributed by atoms with Crippen molar-refractivity contribution in [1.82, 2.24) is 0 Å². The monoisotopic (exact) mass is 224 g/mol. The molecular formula is C13H20O3. The van der Waals surface area contributed by atoms with Gasteiger partial charge in [-0.05, 0) is 6.42 Å². The number of rotatable bonds is 7. The highest BCUT2D eigenvalue weighted by Crippen LogP contribution is 2.21. The Morgan fingerprint density at radius 3 is 2.19 bits per heavy atom. The molecule has 0 saturated heterocycles. The van der Waals surface area contributed by atoms with Crippen molar-refractivity contribution in [1.29, 1.82) is 0 Å². The van der Waals surface area contributed by atoms with E-state index in [1.165, 1.54) is 12.8 Å². The van der Waals surface area contributed by atoms with Crippen LogP contribution in [0.2, 0.25) is 0 Å².